The zero-order valence-electron chi connectivity index (χ0n) is 22.0. The summed E-state index contributed by atoms with van der Waals surface area (Å²) < 4.78 is 26.2. The molecule has 1 aromatic rings. The second kappa shape index (κ2) is 11.4. The maximum atomic E-state index is 12.4. The molecule has 1 amide bonds. The third-order valence-corrected chi connectivity index (χ3v) is 10.8. The molecule has 0 radical (unpaired) electrons. The van der Waals surface area contributed by atoms with Gasteiger partial charge in [-0.1, -0.05) is 0 Å². The number of fused-ring (bicyclic) bond motifs is 1. The second-order valence-electron chi connectivity index (χ2n) is 10.6. The van der Waals surface area contributed by atoms with E-state index in [9.17, 15) is 13.2 Å². The number of thioether (sulfide) groups is 1. The average molecular weight is 536 g/mol. The molecule has 36 heavy (non-hydrogen) atoms. The molecule has 3 aliphatic heterocycles. The van der Waals surface area contributed by atoms with Crippen LogP contribution in [0.15, 0.2) is 17.5 Å². The number of rotatable bonds is 10. The number of primary amides is 1. The number of benzene rings is 1. The molecule has 0 saturated carbocycles. The number of anilines is 1. The number of sulfonamides is 1. The molecule has 200 valence electrons. The molecule has 2 atom stereocenters. The number of piperidine rings is 1. The summed E-state index contributed by atoms with van der Waals surface area (Å²) >= 11 is 1.88. The number of likely N-dealkylation sites (N-methyl/N-ethyl adjacent to an activating group) is 2. The summed E-state index contributed by atoms with van der Waals surface area (Å²) in [5, 5.41) is 6.21. The fourth-order valence-electron chi connectivity index (χ4n) is 5.64. The number of nitrogens with two attached hydrogens (primary N) is 1. The SMILES string of the molecule is CCS(=O)(=O)N1CCC(C2CNc3c(C(N)=O)cc(C4=CSC(CN(C)CCN(C)C)C4)cc32)CC1. The van der Waals surface area contributed by atoms with Crippen LogP contribution in [-0.4, -0.2) is 99.8 Å². The lowest BCUT2D eigenvalue weighted by atomic mass is 9.80. The van der Waals surface area contributed by atoms with Crippen LogP contribution in [0.1, 0.15) is 53.6 Å². The van der Waals surface area contributed by atoms with Gasteiger partial charge in [-0.05, 0) is 87.5 Å². The normalized spacial score (nSPS) is 23.2. The van der Waals surface area contributed by atoms with Gasteiger partial charge in [0.2, 0.25) is 10.0 Å². The van der Waals surface area contributed by atoms with Gasteiger partial charge in [-0.2, -0.15) is 0 Å². The van der Waals surface area contributed by atoms with Crippen molar-refractivity contribution in [3.63, 3.8) is 0 Å². The fourth-order valence-corrected chi connectivity index (χ4v) is 7.98. The summed E-state index contributed by atoms with van der Waals surface area (Å²) in [6, 6.07) is 4.21. The molecular formula is C26H41N5O3S2. The van der Waals surface area contributed by atoms with E-state index in [1.807, 2.05) is 17.8 Å². The van der Waals surface area contributed by atoms with E-state index in [4.69, 9.17) is 5.73 Å². The maximum Gasteiger partial charge on any atom is 0.250 e. The van der Waals surface area contributed by atoms with E-state index in [-0.39, 0.29) is 11.7 Å². The van der Waals surface area contributed by atoms with E-state index in [1.54, 1.807) is 11.2 Å². The standard InChI is InChI=1S/C26H41N5O3S2/c1-5-36(33,34)31-8-6-18(7-9-31)24-15-28-25-22(24)13-19(14-23(25)26(27)32)20-12-21(35-17-20)16-30(4)11-10-29(2)3/h13-14,17-18,21,24,28H,5-12,15-16H2,1-4H3,(H2,27,32). The van der Waals surface area contributed by atoms with Crippen molar-refractivity contribution >= 4 is 39.0 Å². The van der Waals surface area contributed by atoms with Crippen LogP contribution in [0.3, 0.4) is 0 Å². The zero-order valence-corrected chi connectivity index (χ0v) is 23.6. The van der Waals surface area contributed by atoms with Crippen LogP contribution in [0, 0.1) is 5.92 Å². The summed E-state index contributed by atoms with van der Waals surface area (Å²) in [4.78, 5) is 17.0. The highest BCUT2D eigenvalue weighted by Gasteiger charge is 2.36. The highest BCUT2D eigenvalue weighted by atomic mass is 32.2. The Hall–Kier alpha value is -1.59. The number of allylic oxidation sites excluding steroid dienone is 1. The molecular weight excluding hydrogens is 494 g/mol. The summed E-state index contributed by atoms with van der Waals surface area (Å²) in [5.41, 5.74) is 10.8. The third kappa shape index (κ3) is 6.10. The Kier molecular flexibility index (Phi) is 8.71. The maximum absolute atomic E-state index is 12.4. The fraction of sp³-hybridized carbons (Fsp3) is 0.654. The molecule has 8 nitrogen and oxygen atoms in total. The molecule has 3 aliphatic rings. The van der Waals surface area contributed by atoms with Crippen molar-refractivity contribution < 1.29 is 13.2 Å². The molecule has 0 bridgehead atoms. The lowest BCUT2D eigenvalue weighted by Crippen LogP contribution is -2.40. The van der Waals surface area contributed by atoms with Crippen LogP contribution >= 0.6 is 11.8 Å². The lowest BCUT2D eigenvalue weighted by molar-refractivity contribution is 0.100. The first-order valence-corrected chi connectivity index (χ1v) is 15.5. The van der Waals surface area contributed by atoms with Crippen molar-refractivity contribution in [2.45, 2.75) is 37.4 Å². The third-order valence-electron chi connectivity index (χ3n) is 7.82. The van der Waals surface area contributed by atoms with Crippen LogP contribution in [0.4, 0.5) is 5.69 Å². The zero-order chi connectivity index (χ0) is 26.0. The Morgan fingerprint density at radius 2 is 1.92 bits per heavy atom. The molecule has 0 aliphatic carbocycles. The molecule has 1 saturated heterocycles. The lowest BCUT2D eigenvalue weighted by Gasteiger charge is -2.34. The smallest absolute Gasteiger partial charge is 0.250 e. The predicted octanol–water partition coefficient (Wildman–Crippen LogP) is 2.70. The van der Waals surface area contributed by atoms with E-state index >= 15 is 0 Å². The minimum atomic E-state index is -3.15. The summed E-state index contributed by atoms with van der Waals surface area (Å²) in [6.07, 6.45) is 2.64. The number of nitrogens with zero attached hydrogens (tertiary/aromatic N) is 3. The van der Waals surface area contributed by atoms with Gasteiger partial charge in [0.15, 0.2) is 0 Å². The van der Waals surface area contributed by atoms with Crippen molar-refractivity contribution in [1.29, 1.82) is 0 Å². The largest absolute Gasteiger partial charge is 0.384 e. The molecule has 10 heteroatoms. The first-order chi connectivity index (χ1) is 17.1. The van der Waals surface area contributed by atoms with E-state index in [1.165, 1.54) is 5.57 Å². The van der Waals surface area contributed by atoms with Crippen molar-refractivity contribution in [2.24, 2.45) is 11.7 Å². The Balaban J connectivity index is 1.49. The first-order valence-electron chi connectivity index (χ1n) is 13.0. The van der Waals surface area contributed by atoms with Gasteiger partial charge >= 0.3 is 0 Å². The number of amides is 1. The molecule has 1 aromatic carbocycles. The van der Waals surface area contributed by atoms with Gasteiger partial charge in [-0.25, -0.2) is 12.7 Å². The predicted molar refractivity (Wildman–Crippen MR) is 150 cm³/mol. The van der Waals surface area contributed by atoms with Gasteiger partial charge in [0.1, 0.15) is 0 Å². The van der Waals surface area contributed by atoms with E-state index in [0.717, 1.165) is 62.3 Å². The number of hydrogen-bond donors (Lipinski definition) is 2. The Morgan fingerprint density at radius 3 is 2.56 bits per heavy atom. The highest BCUT2D eigenvalue weighted by molar-refractivity contribution is 8.03. The number of carbonyl (C=O) groups is 1. The van der Waals surface area contributed by atoms with Crippen LogP contribution in [0.5, 0.6) is 0 Å². The molecule has 2 unspecified atom stereocenters. The molecule has 0 spiro atoms. The average Bonchev–Trinajstić information content (AvgIpc) is 3.49. The van der Waals surface area contributed by atoms with Gasteiger partial charge in [-0.15, -0.1) is 11.8 Å². The molecule has 4 rings (SSSR count). The Bertz CT molecular complexity index is 1100. The number of carbonyl (C=O) groups excluding carboxylic acids is 1. The van der Waals surface area contributed by atoms with Crippen molar-refractivity contribution in [2.75, 3.05) is 71.5 Å². The minimum Gasteiger partial charge on any atom is -0.384 e. The van der Waals surface area contributed by atoms with Crippen LogP contribution in [-0.2, 0) is 10.0 Å². The summed E-state index contributed by atoms with van der Waals surface area (Å²) in [7, 11) is 3.23. The molecule has 1 fully saturated rings. The summed E-state index contributed by atoms with van der Waals surface area (Å²) in [6.45, 7) is 6.70. The highest BCUT2D eigenvalue weighted by Crippen LogP contribution is 2.45. The van der Waals surface area contributed by atoms with Crippen molar-refractivity contribution in [1.82, 2.24) is 14.1 Å². The van der Waals surface area contributed by atoms with Crippen LogP contribution < -0.4 is 11.1 Å². The topological polar surface area (TPSA) is 99.0 Å². The quantitative estimate of drug-likeness (QED) is 0.475. The van der Waals surface area contributed by atoms with Gasteiger partial charge in [0, 0.05) is 50.4 Å². The van der Waals surface area contributed by atoms with Crippen molar-refractivity contribution in [3.8, 4) is 0 Å². The van der Waals surface area contributed by atoms with Crippen LogP contribution in [0.25, 0.3) is 5.57 Å². The van der Waals surface area contributed by atoms with Gasteiger partial charge in [-0.3, -0.25) is 4.79 Å². The van der Waals surface area contributed by atoms with Gasteiger partial charge in [0.05, 0.1) is 17.0 Å². The second-order valence-corrected chi connectivity index (χ2v) is 14.1. The number of hydrogen-bond acceptors (Lipinski definition) is 7. The van der Waals surface area contributed by atoms with Gasteiger partial charge in [0.25, 0.3) is 5.91 Å². The van der Waals surface area contributed by atoms with E-state index < -0.39 is 15.9 Å². The Morgan fingerprint density at radius 1 is 1.19 bits per heavy atom. The first kappa shape index (κ1) is 27.4. The van der Waals surface area contributed by atoms with Crippen LogP contribution in [0.2, 0.25) is 0 Å². The number of nitrogens with one attached hydrogen (secondary N) is 1. The van der Waals surface area contributed by atoms with Crippen molar-refractivity contribution in [3.05, 3.63) is 34.2 Å². The minimum absolute atomic E-state index is 0.149. The molecule has 3 heterocycles. The Labute approximate surface area is 220 Å². The molecule has 0 aromatic heterocycles. The molecule has 3 N–H and O–H groups in total. The van der Waals surface area contributed by atoms with E-state index in [0.29, 0.717) is 29.8 Å². The van der Waals surface area contributed by atoms with E-state index in [2.05, 4.69) is 47.7 Å². The van der Waals surface area contributed by atoms with Gasteiger partial charge < -0.3 is 20.9 Å². The monoisotopic (exact) mass is 535 g/mol. The summed E-state index contributed by atoms with van der Waals surface area (Å²) in [5.74, 6) is 0.377.